The van der Waals surface area contributed by atoms with Gasteiger partial charge in [0.25, 0.3) is 5.91 Å². The molecule has 0 N–H and O–H groups in total. The molecule has 0 saturated carbocycles. The number of benzene rings is 2. The summed E-state index contributed by atoms with van der Waals surface area (Å²) in [7, 11) is 0. The third-order valence-electron chi connectivity index (χ3n) is 3.22. The first-order valence-corrected chi connectivity index (χ1v) is 8.73. The number of hydrogen-bond donors (Lipinski definition) is 0. The molecule has 3 aromatic rings. The Labute approximate surface area is 157 Å². The summed E-state index contributed by atoms with van der Waals surface area (Å²) in [5.74, 6) is -0.670. The van der Waals surface area contributed by atoms with Gasteiger partial charge < -0.3 is 0 Å². The zero-order valence-electron chi connectivity index (χ0n) is 12.9. The van der Waals surface area contributed by atoms with Gasteiger partial charge >= 0.3 is 0 Å². The molecule has 0 atom stereocenters. The molecule has 0 aliphatic heterocycles. The summed E-state index contributed by atoms with van der Waals surface area (Å²) in [5, 5.41) is 5.27. The molecular weight excluding hydrogens is 381 g/mol. The predicted molar refractivity (Wildman–Crippen MR) is 97.8 cm³/mol. The Morgan fingerprint density at radius 2 is 1.84 bits per heavy atom. The summed E-state index contributed by atoms with van der Waals surface area (Å²) in [6.45, 7) is 1.39. The molecule has 1 aromatic heterocycles. The number of halogens is 2. The van der Waals surface area contributed by atoms with Crippen LogP contribution >= 0.6 is 34.5 Å². The van der Waals surface area contributed by atoms with Crippen LogP contribution in [0, 0.1) is 0 Å². The number of carbonyl (C=O) groups excluding carboxylic acids is 2. The lowest BCUT2D eigenvalue weighted by Crippen LogP contribution is -2.17. The molecule has 2 aromatic carbocycles. The summed E-state index contributed by atoms with van der Waals surface area (Å²) in [5.41, 5.74) is 0.876. The molecule has 0 fully saturated rings. The highest BCUT2D eigenvalue weighted by molar-refractivity contribution is 7.11. The molecule has 0 saturated heterocycles. The van der Waals surface area contributed by atoms with E-state index in [4.69, 9.17) is 23.2 Å². The highest BCUT2D eigenvalue weighted by atomic mass is 35.5. The van der Waals surface area contributed by atoms with Gasteiger partial charge in [0.1, 0.15) is 0 Å². The summed E-state index contributed by atoms with van der Waals surface area (Å²) in [4.78, 5) is 28.4. The number of Topliss-reactive ketones (excluding diaryl/α,β-unsaturated/α-hetero) is 1. The number of nitrogens with zero attached hydrogens (tertiary/aromatic N) is 3. The minimum Gasteiger partial charge on any atom is -0.292 e. The van der Waals surface area contributed by atoms with Crippen molar-refractivity contribution in [2.24, 2.45) is 4.99 Å². The second-order valence-corrected chi connectivity index (χ2v) is 6.84. The zero-order chi connectivity index (χ0) is 18.0. The molecule has 25 heavy (non-hydrogen) atoms. The Bertz CT molecular complexity index is 1030. The topological polar surface area (TPSA) is 64.3 Å². The third-order valence-corrected chi connectivity index (χ3v) is 4.78. The van der Waals surface area contributed by atoms with Gasteiger partial charge in [-0.15, -0.1) is 0 Å². The minimum atomic E-state index is -0.439. The van der Waals surface area contributed by atoms with Gasteiger partial charge in [0.05, 0.1) is 10.7 Å². The van der Waals surface area contributed by atoms with Crippen LogP contribution in [-0.2, 0) is 0 Å². The van der Waals surface area contributed by atoms with Gasteiger partial charge in [0, 0.05) is 17.5 Å². The second-order valence-electron chi connectivity index (χ2n) is 5.04. The molecule has 1 heterocycles. The lowest BCUT2D eigenvalue weighted by Gasteiger charge is -2.04. The number of carbonyl (C=O) groups is 2. The molecular formula is C17H11Cl2N3O2S. The molecule has 8 heteroatoms. The van der Waals surface area contributed by atoms with E-state index in [1.54, 1.807) is 42.5 Å². The van der Waals surface area contributed by atoms with Crippen LogP contribution in [0.1, 0.15) is 27.1 Å². The van der Waals surface area contributed by atoms with Crippen LogP contribution in [0.15, 0.2) is 53.5 Å². The van der Waals surface area contributed by atoms with Crippen LogP contribution in [0.4, 0.5) is 0 Å². The molecule has 1 amide bonds. The number of hydrogen-bond acceptors (Lipinski definition) is 4. The maximum atomic E-state index is 12.4. The molecule has 5 nitrogen and oxygen atoms in total. The Morgan fingerprint density at radius 1 is 1.12 bits per heavy atom. The first-order chi connectivity index (χ1) is 12.0. The van der Waals surface area contributed by atoms with Crippen molar-refractivity contribution < 1.29 is 9.59 Å². The summed E-state index contributed by atoms with van der Waals surface area (Å²) in [6.07, 6.45) is 0. The van der Waals surface area contributed by atoms with Crippen molar-refractivity contribution in [2.45, 2.75) is 6.92 Å². The van der Waals surface area contributed by atoms with E-state index in [0.29, 0.717) is 21.3 Å². The van der Waals surface area contributed by atoms with Gasteiger partial charge in [-0.05, 0) is 30.3 Å². The minimum absolute atomic E-state index is 0.218. The fourth-order valence-corrected chi connectivity index (χ4v) is 3.19. The van der Waals surface area contributed by atoms with Gasteiger partial charge in [-0.2, -0.15) is 10.1 Å². The van der Waals surface area contributed by atoms with Gasteiger partial charge in [-0.1, -0.05) is 52.7 Å². The van der Waals surface area contributed by atoms with Crippen molar-refractivity contribution in [1.29, 1.82) is 0 Å². The number of amides is 1. The molecule has 0 aliphatic carbocycles. The van der Waals surface area contributed by atoms with Gasteiger partial charge in [-0.25, -0.2) is 4.68 Å². The van der Waals surface area contributed by atoms with Crippen LogP contribution in [0.25, 0.3) is 5.69 Å². The van der Waals surface area contributed by atoms with E-state index >= 15 is 0 Å². The Hall–Kier alpha value is -2.28. The van der Waals surface area contributed by atoms with E-state index in [-0.39, 0.29) is 15.6 Å². The lowest BCUT2D eigenvalue weighted by molar-refractivity contribution is 0.0994. The van der Waals surface area contributed by atoms with Crippen molar-refractivity contribution in [3.63, 3.8) is 0 Å². The van der Waals surface area contributed by atoms with Crippen molar-refractivity contribution >= 4 is 46.2 Å². The molecule has 3 rings (SSSR count). The summed E-state index contributed by atoms with van der Waals surface area (Å²) >= 11 is 13.3. The second kappa shape index (κ2) is 7.31. The number of ketones is 1. The quantitative estimate of drug-likeness (QED) is 0.628. The van der Waals surface area contributed by atoms with E-state index in [2.05, 4.69) is 10.1 Å². The third kappa shape index (κ3) is 3.87. The zero-order valence-corrected chi connectivity index (χ0v) is 15.3. The van der Waals surface area contributed by atoms with Crippen molar-refractivity contribution in [2.75, 3.05) is 0 Å². The maximum absolute atomic E-state index is 12.4. The van der Waals surface area contributed by atoms with E-state index < -0.39 is 5.91 Å². The predicted octanol–water partition coefficient (Wildman–Crippen LogP) is 4.18. The first-order valence-electron chi connectivity index (χ1n) is 7.16. The number of rotatable bonds is 3. The summed E-state index contributed by atoms with van der Waals surface area (Å²) < 4.78 is 1.36. The average Bonchev–Trinajstić information content (AvgIpc) is 3.01. The molecule has 0 aliphatic rings. The molecule has 126 valence electrons. The van der Waals surface area contributed by atoms with E-state index in [1.807, 2.05) is 6.07 Å². The van der Waals surface area contributed by atoms with Gasteiger partial charge in [-0.3, -0.25) is 9.59 Å². The van der Waals surface area contributed by atoms with Crippen LogP contribution < -0.4 is 4.80 Å². The Morgan fingerprint density at radius 3 is 2.52 bits per heavy atom. The fourth-order valence-electron chi connectivity index (χ4n) is 2.03. The largest absolute Gasteiger partial charge is 0.292 e. The van der Waals surface area contributed by atoms with Crippen LogP contribution in [0.5, 0.6) is 0 Å². The van der Waals surface area contributed by atoms with Gasteiger partial charge in [0.2, 0.25) is 4.80 Å². The molecule has 0 bridgehead atoms. The first kappa shape index (κ1) is 17.5. The average molecular weight is 392 g/mol. The molecule has 0 radical (unpaired) electrons. The number of aromatic nitrogens is 2. The van der Waals surface area contributed by atoms with Gasteiger partial charge in [0.15, 0.2) is 10.8 Å². The summed E-state index contributed by atoms with van der Waals surface area (Å²) in [6, 6.07) is 13.5. The van der Waals surface area contributed by atoms with Crippen molar-refractivity contribution in [1.82, 2.24) is 9.78 Å². The standard InChI is InChI=1S/C17H11Cl2N3O2S/c1-10(23)16-21-22(14-9-12(18)7-8-13(14)19)17(25-16)20-15(24)11-5-3-2-4-6-11/h2-9H,1H3. The monoisotopic (exact) mass is 391 g/mol. The van der Waals surface area contributed by atoms with Crippen LogP contribution in [-0.4, -0.2) is 21.5 Å². The highest BCUT2D eigenvalue weighted by Crippen LogP contribution is 2.23. The highest BCUT2D eigenvalue weighted by Gasteiger charge is 2.15. The SMILES string of the molecule is CC(=O)c1nn(-c2cc(Cl)ccc2Cl)c(=NC(=O)c2ccccc2)s1. The van der Waals surface area contributed by atoms with Crippen molar-refractivity contribution in [3.05, 3.63) is 73.9 Å². The van der Waals surface area contributed by atoms with Crippen LogP contribution in [0.2, 0.25) is 10.0 Å². The fraction of sp³-hybridized carbons (Fsp3) is 0.0588. The smallest absolute Gasteiger partial charge is 0.279 e. The van der Waals surface area contributed by atoms with Crippen LogP contribution in [0.3, 0.4) is 0 Å². The lowest BCUT2D eigenvalue weighted by atomic mass is 10.2. The normalized spacial score (nSPS) is 11.6. The molecule has 0 spiro atoms. The van der Waals surface area contributed by atoms with Crippen molar-refractivity contribution in [3.8, 4) is 5.69 Å². The molecule has 0 unspecified atom stereocenters. The Balaban J connectivity index is 2.19. The Kier molecular flexibility index (Phi) is 5.13. The maximum Gasteiger partial charge on any atom is 0.279 e. The van der Waals surface area contributed by atoms with E-state index in [9.17, 15) is 9.59 Å². The van der Waals surface area contributed by atoms with E-state index in [1.165, 1.54) is 11.6 Å². The van der Waals surface area contributed by atoms with E-state index in [0.717, 1.165) is 11.3 Å².